The number of hydrogen-bond acceptors (Lipinski definition) is 6. The zero-order valence-electron chi connectivity index (χ0n) is 50.4. The summed E-state index contributed by atoms with van der Waals surface area (Å²) in [6, 6.07) is 0. The molecular weight excluding hydrogens is 949 g/mol. The number of carbonyl (C=O) groups is 3. The first-order chi connectivity index (χ1) is 38.0. The second-order valence-corrected chi connectivity index (χ2v) is 21.3. The summed E-state index contributed by atoms with van der Waals surface area (Å²) in [7, 11) is 0. The van der Waals surface area contributed by atoms with Crippen molar-refractivity contribution in [1.29, 1.82) is 0 Å². The largest absolute Gasteiger partial charge is 0.462 e. The predicted molar refractivity (Wildman–Crippen MR) is 334 cm³/mol. The smallest absolute Gasteiger partial charge is 0.306 e. The van der Waals surface area contributed by atoms with E-state index in [0.717, 1.165) is 122 Å². The van der Waals surface area contributed by atoms with E-state index in [2.05, 4.69) is 130 Å². The van der Waals surface area contributed by atoms with E-state index in [1.54, 1.807) is 0 Å². The van der Waals surface area contributed by atoms with Gasteiger partial charge >= 0.3 is 17.9 Å². The summed E-state index contributed by atoms with van der Waals surface area (Å²) in [5.41, 5.74) is 0. The molecule has 0 aliphatic rings. The van der Waals surface area contributed by atoms with Crippen LogP contribution in [0.3, 0.4) is 0 Å². The number of unbranched alkanes of at least 4 members (excludes halogenated alkanes) is 29. The summed E-state index contributed by atoms with van der Waals surface area (Å²) in [6.07, 6.45) is 88.0. The number of rotatable bonds is 58. The average molecular weight is 1070 g/mol. The average Bonchev–Trinajstić information content (AvgIpc) is 3.43. The summed E-state index contributed by atoms with van der Waals surface area (Å²) in [6.45, 7) is 6.48. The van der Waals surface area contributed by atoms with Crippen LogP contribution in [0.1, 0.15) is 303 Å². The monoisotopic (exact) mass is 1070 g/mol. The van der Waals surface area contributed by atoms with E-state index in [9.17, 15) is 14.4 Å². The Morgan fingerprint density at radius 1 is 0.273 bits per heavy atom. The lowest BCUT2D eigenvalue weighted by Crippen LogP contribution is -2.30. The minimum absolute atomic E-state index is 0.0975. The van der Waals surface area contributed by atoms with E-state index in [-0.39, 0.29) is 37.5 Å². The van der Waals surface area contributed by atoms with Crippen LogP contribution in [0.25, 0.3) is 0 Å². The van der Waals surface area contributed by atoms with Crippen molar-refractivity contribution < 1.29 is 28.6 Å². The van der Waals surface area contributed by atoms with Gasteiger partial charge in [0.1, 0.15) is 13.2 Å². The summed E-state index contributed by atoms with van der Waals surface area (Å²) in [5.74, 6) is -0.937. The molecule has 77 heavy (non-hydrogen) atoms. The van der Waals surface area contributed by atoms with Crippen LogP contribution in [0, 0.1) is 0 Å². The molecular formula is C71H120O6. The number of ether oxygens (including phenoxy) is 3. The molecule has 0 aromatic rings. The molecule has 0 bridgehead atoms. The maximum atomic E-state index is 12.9. The molecule has 0 fully saturated rings. The van der Waals surface area contributed by atoms with Gasteiger partial charge in [-0.3, -0.25) is 14.4 Å². The highest BCUT2D eigenvalue weighted by Gasteiger charge is 2.19. The molecule has 0 heterocycles. The second kappa shape index (κ2) is 64.6. The zero-order chi connectivity index (χ0) is 55.7. The summed E-state index contributed by atoms with van der Waals surface area (Å²) < 4.78 is 16.9. The minimum atomic E-state index is -0.806. The fourth-order valence-corrected chi connectivity index (χ4v) is 8.88. The van der Waals surface area contributed by atoms with E-state index < -0.39 is 6.10 Å². The van der Waals surface area contributed by atoms with Crippen LogP contribution in [0.4, 0.5) is 0 Å². The quantitative estimate of drug-likeness (QED) is 0.0261. The molecule has 0 aliphatic carbocycles. The van der Waals surface area contributed by atoms with Gasteiger partial charge in [0.2, 0.25) is 0 Å². The van der Waals surface area contributed by atoms with Gasteiger partial charge in [0.05, 0.1) is 0 Å². The molecule has 0 rings (SSSR count). The first-order valence-corrected chi connectivity index (χ1v) is 32.4. The summed E-state index contributed by atoms with van der Waals surface area (Å²) >= 11 is 0. The lowest BCUT2D eigenvalue weighted by Gasteiger charge is -2.18. The molecule has 0 saturated carbocycles. The van der Waals surface area contributed by atoms with Gasteiger partial charge in [-0.25, -0.2) is 0 Å². The van der Waals surface area contributed by atoms with Crippen LogP contribution in [0.15, 0.2) is 109 Å². The molecule has 6 heteroatoms. The molecule has 1 atom stereocenters. The van der Waals surface area contributed by atoms with Gasteiger partial charge in [-0.2, -0.15) is 0 Å². The molecule has 1 unspecified atom stereocenters. The van der Waals surface area contributed by atoms with E-state index in [0.29, 0.717) is 12.8 Å². The second-order valence-electron chi connectivity index (χ2n) is 21.3. The van der Waals surface area contributed by atoms with Gasteiger partial charge < -0.3 is 14.2 Å². The normalized spacial score (nSPS) is 12.8. The Balaban J connectivity index is 4.46. The Hall–Kier alpha value is -3.93. The van der Waals surface area contributed by atoms with Crippen molar-refractivity contribution in [3.05, 3.63) is 109 Å². The molecule has 0 radical (unpaired) electrons. The Morgan fingerprint density at radius 3 is 0.844 bits per heavy atom. The molecule has 0 saturated heterocycles. The van der Waals surface area contributed by atoms with Gasteiger partial charge in [-0.05, 0) is 128 Å². The molecule has 0 aromatic heterocycles. The van der Waals surface area contributed by atoms with E-state index in [4.69, 9.17) is 14.2 Å². The van der Waals surface area contributed by atoms with Crippen molar-refractivity contribution in [2.24, 2.45) is 0 Å². The number of carbonyl (C=O) groups excluding carboxylic acids is 3. The lowest BCUT2D eigenvalue weighted by molar-refractivity contribution is -0.167. The van der Waals surface area contributed by atoms with E-state index >= 15 is 0 Å². The predicted octanol–water partition coefficient (Wildman–Crippen LogP) is 22.2. The van der Waals surface area contributed by atoms with Crippen molar-refractivity contribution in [3.63, 3.8) is 0 Å². The van der Waals surface area contributed by atoms with E-state index in [1.165, 1.54) is 141 Å². The third-order valence-corrected chi connectivity index (χ3v) is 13.7. The highest BCUT2D eigenvalue weighted by molar-refractivity contribution is 5.71. The van der Waals surface area contributed by atoms with Crippen molar-refractivity contribution in [2.75, 3.05) is 13.2 Å². The van der Waals surface area contributed by atoms with Gasteiger partial charge in [0.25, 0.3) is 0 Å². The fourth-order valence-electron chi connectivity index (χ4n) is 8.88. The topological polar surface area (TPSA) is 78.9 Å². The number of hydrogen-bond donors (Lipinski definition) is 0. The van der Waals surface area contributed by atoms with Gasteiger partial charge in [0.15, 0.2) is 6.10 Å². The first kappa shape index (κ1) is 73.1. The number of allylic oxidation sites excluding steroid dienone is 18. The van der Waals surface area contributed by atoms with Crippen LogP contribution in [-0.4, -0.2) is 37.2 Å². The molecule has 0 aromatic carbocycles. The first-order valence-electron chi connectivity index (χ1n) is 32.4. The van der Waals surface area contributed by atoms with Crippen LogP contribution in [0.5, 0.6) is 0 Å². The van der Waals surface area contributed by atoms with Crippen LogP contribution >= 0.6 is 0 Å². The third-order valence-electron chi connectivity index (χ3n) is 13.7. The van der Waals surface area contributed by atoms with Crippen LogP contribution < -0.4 is 0 Å². The van der Waals surface area contributed by atoms with Crippen molar-refractivity contribution in [1.82, 2.24) is 0 Å². The van der Waals surface area contributed by atoms with E-state index in [1.807, 2.05) is 0 Å². The van der Waals surface area contributed by atoms with Gasteiger partial charge in [-0.15, -0.1) is 0 Å². The SMILES string of the molecule is CC/C=C\C/C=C\C/C=C\C/C=C\C/C=C\CCCCCC(=O)OC(COC(=O)CCCCCCCC/C=C\C/C=C\C/C=C\CCCCC)COC(=O)CCCCCCCCCCC/C=C\CCCCCCCCCC. The Labute approximate surface area is 476 Å². The van der Waals surface area contributed by atoms with Crippen molar-refractivity contribution >= 4 is 17.9 Å². The standard InChI is InChI=1S/C71H120O6/c1-4-7-10-13-16-19-22-25-28-31-34-35-38-40-43-46-49-52-55-58-61-64-70(73)76-67-68(77-71(74)65-62-59-56-53-50-47-44-41-37-33-30-27-24-21-18-15-12-9-6-3)66-75-69(72)63-60-57-54-51-48-45-42-39-36-32-29-26-23-20-17-14-11-8-5-2/h9,12,17-18,20-21,26-27,29-31,34,36-37,39,41,47,50,68H,4-8,10-11,13-16,19,22-25,28,32-33,35,38,40,42-46,48-49,51-67H2,1-3H3/b12-9-,20-17-,21-18-,29-26-,30-27-,34-31-,39-36-,41-37-,50-47-. The summed E-state index contributed by atoms with van der Waals surface area (Å²) in [5, 5.41) is 0. The Morgan fingerprint density at radius 2 is 0.506 bits per heavy atom. The molecule has 440 valence electrons. The van der Waals surface area contributed by atoms with Gasteiger partial charge in [0, 0.05) is 19.3 Å². The maximum Gasteiger partial charge on any atom is 0.306 e. The Bertz CT molecular complexity index is 1560. The van der Waals surface area contributed by atoms with Crippen LogP contribution in [-0.2, 0) is 28.6 Å². The third kappa shape index (κ3) is 62.8. The summed E-state index contributed by atoms with van der Waals surface area (Å²) in [4.78, 5) is 38.4. The molecule has 0 spiro atoms. The lowest BCUT2D eigenvalue weighted by atomic mass is 10.1. The minimum Gasteiger partial charge on any atom is -0.462 e. The van der Waals surface area contributed by atoms with Crippen molar-refractivity contribution in [2.45, 2.75) is 309 Å². The molecule has 0 aliphatic heterocycles. The number of esters is 3. The molecule has 0 amide bonds. The van der Waals surface area contributed by atoms with Gasteiger partial charge in [-0.1, -0.05) is 265 Å². The van der Waals surface area contributed by atoms with Crippen molar-refractivity contribution in [3.8, 4) is 0 Å². The maximum absolute atomic E-state index is 12.9. The zero-order valence-corrected chi connectivity index (χ0v) is 50.4. The highest BCUT2D eigenvalue weighted by Crippen LogP contribution is 2.15. The Kier molecular flexibility index (Phi) is 61.3. The molecule has 6 nitrogen and oxygen atoms in total. The molecule has 0 N–H and O–H groups in total. The highest BCUT2D eigenvalue weighted by atomic mass is 16.6. The van der Waals surface area contributed by atoms with Crippen LogP contribution in [0.2, 0.25) is 0 Å². The fraction of sp³-hybridized carbons (Fsp3) is 0.704.